The molecule has 56 valence electrons. The highest BCUT2D eigenvalue weighted by Gasteiger charge is 1.81. The Morgan fingerprint density at radius 2 is 2.11 bits per heavy atom. The van der Waals surface area contributed by atoms with Crippen LogP contribution < -0.4 is 10.6 Å². The molecular weight excluding hydrogens is 116 g/mol. The molecule has 0 fully saturated rings. The lowest BCUT2D eigenvalue weighted by molar-refractivity contribution is 0.105. The van der Waals surface area contributed by atoms with Crippen molar-refractivity contribution in [2.24, 2.45) is 0 Å². The van der Waals surface area contributed by atoms with E-state index in [2.05, 4.69) is 17.6 Å². The molecule has 0 atom stereocenters. The molecule has 0 radical (unpaired) electrons. The first kappa shape index (κ1) is 8.88. The van der Waals surface area contributed by atoms with Crippen LogP contribution >= 0.6 is 0 Å². The summed E-state index contributed by atoms with van der Waals surface area (Å²) in [6.45, 7) is 4.43. The van der Waals surface area contributed by atoms with Gasteiger partial charge in [-0.25, -0.2) is 0 Å². The standard InChI is InChI=1S/C6H16N2O/c1-3-4-8-6-9-5-7-2/h7-8H,3-6H2,1-2H3. The number of hydrogen-bond donors (Lipinski definition) is 2. The molecule has 2 N–H and O–H groups in total. The van der Waals surface area contributed by atoms with Gasteiger partial charge in [-0.05, 0) is 20.0 Å². The Balaban J connectivity index is 2.60. The Labute approximate surface area is 56.8 Å². The van der Waals surface area contributed by atoms with Gasteiger partial charge in [0, 0.05) is 0 Å². The number of hydrogen-bond acceptors (Lipinski definition) is 3. The number of rotatable bonds is 6. The Bertz CT molecular complexity index is 44.3. The molecule has 0 amide bonds. The topological polar surface area (TPSA) is 33.3 Å². The molecule has 0 unspecified atom stereocenters. The molecular formula is C6H16N2O. The van der Waals surface area contributed by atoms with E-state index in [0.29, 0.717) is 13.5 Å². The van der Waals surface area contributed by atoms with Crippen LogP contribution in [0.4, 0.5) is 0 Å². The van der Waals surface area contributed by atoms with Crippen molar-refractivity contribution in [2.45, 2.75) is 13.3 Å². The summed E-state index contributed by atoms with van der Waals surface area (Å²) in [4.78, 5) is 0. The van der Waals surface area contributed by atoms with E-state index >= 15 is 0 Å². The minimum absolute atomic E-state index is 0.622. The van der Waals surface area contributed by atoms with Crippen molar-refractivity contribution in [1.82, 2.24) is 10.6 Å². The van der Waals surface area contributed by atoms with Gasteiger partial charge >= 0.3 is 0 Å². The summed E-state index contributed by atoms with van der Waals surface area (Å²) in [5.41, 5.74) is 0. The largest absolute Gasteiger partial charge is 0.351 e. The lowest BCUT2D eigenvalue weighted by atomic mass is 10.5. The van der Waals surface area contributed by atoms with Crippen LogP contribution in [0.15, 0.2) is 0 Å². The lowest BCUT2D eigenvalue weighted by Crippen LogP contribution is -2.22. The first-order chi connectivity index (χ1) is 4.41. The second-order valence-electron chi connectivity index (χ2n) is 1.85. The fraction of sp³-hybridized carbons (Fsp3) is 1.00. The molecule has 0 aliphatic rings. The maximum atomic E-state index is 5.06. The summed E-state index contributed by atoms with van der Waals surface area (Å²) >= 11 is 0. The van der Waals surface area contributed by atoms with Gasteiger partial charge in [0.05, 0.1) is 13.5 Å². The van der Waals surface area contributed by atoms with Crippen LogP contribution in [0.2, 0.25) is 0 Å². The van der Waals surface area contributed by atoms with E-state index < -0.39 is 0 Å². The average molecular weight is 132 g/mol. The highest BCUT2D eigenvalue weighted by Crippen LogP contribution is 1.69. The van der Waals surface area contributed by atoms with Gasteiger partial charge in [0.15, 0.2) is 0 Å². The average Bonchev–Trinajstić information content (AvgIpc) is 1.89. The second-order valence-corrected chi connectivity index (χ2v) is 1.85. The monoisotopic (exact) mass is 132 g/mol. The van der Waals surface area contributed by atoms with E-state index in [0.717, 1.165) is 13.0 Å². The zero-order chi connectivity index (χ0) is 6.95. The van der Waals surface area contributed by atoms with Crippen molar-refractivity contribution >= 4 is 0 Å². The van der Waals surface area contributed by atoms with Crippen molar-refractivity contribution in [1.29, 1.82) is 0 Å². The maximum Gasteiger partial charge on any atom is 0.0983 e. The third-order valence-electron chi connectivity index (χ3n) is 0.877. The van der Waals surface area contributed by atoms with Crippen LogP contribution in [0.5, 0.6) is 0 Å². The molecule has 0 aromatic heterocycles. The molecule has 0 saturated heterocycles. The van der Waals surface area contributed by atoms with Crippen molar-refractivity contribution in [3.05, 3.63) is 0 Å². The fourth-order valence-corrected chi connectivity index (χ4v) is 0.474. The van der Waals surface area contributed by atoms with Crippen LogP contribution in [0.25, 0.3) is 0 Å². The quantitative estimate of drug-likeness (QED) is 0.398. The molecule has 0 rings (SSSR count). The summed E-state index contributed by atoms with van der Waals surface area (Å²) < 4.78 is 5.06. The molecule has 3 heteroatoms. The highest BCUT2D eigenvalue weighted by atomic mass is 16.5. The summed E-state index contributed by atoms with van der Waals surface area (Å²) in [6.07, 6.45) is 1.16. The molecule has 0 aliphatic carbocycles. The second kappa shape index (κ2) is 7.88. The van der Waals surface area contributed by atoms with Gasteiger partial charge in [-0.1, -0.05) is 6.92 Å². The Hall–Kier alpha value is -0.120. The van der Waals surface area contributed by atoms with Crippen LogP contribution in [-0.4, -0.2) is 27.1 Å². The van der Waals surface area contributed by atoms with Crippen molar-refractivity contribution in [3.63, 3.8) is 0 Å². The van der Waals surface area contributed by atoms with Crippen LogP contribution in [0.3, 0.4) is 0 Å². The Morgan fingerprint density at radius 1 is 1.33 bits per heavy atom. The van der Waals surface area contributed by atoms with E-state index in [1.807, 2.05) is 7.05 Å². The molecule has 0 spiro atoms. The van der Waals surface area contributed by atoms with E-state index in [1.54, 1.807) is 0 Å². The van der Waals surface area contributed by atoms with Gasteiger partial charge in [-0.15, -0.1) is 0 Å². The third-order valence-corrected chi connectivity index (χ3v) is 0.877. The predicted octanol–water partition coefficient (Wildman–Crippen LogP) is 0.137. The summed E-state index contributed by atoms with van der Waals surface area (Å²) in [7, 11) is 1.86. The molecule has 0 heterocycles. The molecule has 3 nitrogen and oxygen atoms in total. The van der Waals surface area contributed by atoms with Gasteiger partial charge in [0.2, 0.25) is 0 Å². The van der Waals surface area contributed by atoms with Crippen LogP contribution in [-0.2, 0) is 4.74 Å². The first-order valence-electron chi connectivity index (χ1n) is 3.35. The smallest absolute Gasteiger partial charge is 0.0983 e. The summed E-state index contributed by atoms with van der Waals surface area (Å²) in [5, 5.41) is 5.99. The normalized spacial score (nSPS) is 10.0. The minimum atomic E-state index is 0.622. The summed E-state index contributed by atoms with van der Waals surface area (Å²) in [5.74, 6) is 0. The van der Waals surface area contributed by atoms with Gasteiger partial charge in [-0.2, -0.15) is 0 Å². The lowest BCUT2D eigenvalue weighted by Gasteiger charge is -2.02. The molecule has 0 aliphatic heterocycles. The summed E-state index contributed by atoms with van der Waals surface area (Å²) in [6, 6.07) is 0. The van der Waals surface area contributed by atoms with E-state index in [9.17, 15) is 0 Å². The molecule has 0 aromatic carbocycles. The number of nitrogens with one attached hydrogen (secondary N) is 2. The number of ether oxygens (including phenoxy) is 1. The van der Waals surface area contributed by atoms with Crippen molar-refractivity contribution in [3.8, 4) is 0 Å². The minimum Gasteiger partial charge on any atom is -0.351 e. The van der Waals surface area contributed by atoms with Gasteiger partial charge in [0.25, 0.3) is 0 Å². The zero-order valence-corrected chi connectivity index (χ0v) is 6.24. The van der Waals surface area contributed by atoms with Gasteiger partial charge in [0.1, 0.15) is 0 Å². The van der Waals surface area contributed by atoms with Crippen LogP contribution in [0.1, 0.15) is 13.3 Å². The first-order valence-corrected chi connectivity index (χ1v) is 3.35. The Morgan fingerprint density at radius 3 is 2.67 bits per heavy atom. The molecule has 9 heavy (non-hydrogen) atoms. The van der Waals surface area contributed by atoms with E-state index in [-0.39, 0.29) is 0 Å². The fourth-order valence-electron chi connectivity index (χ4n) is 0.474. The Kier molecular flexibility index (Phi) is 7.77. The molecule has 0 aromatic rings. The predicted molar refractivity (Wildman–Crippen MR) is 38.2 cm³/mol. The van der Waals surface area contributed by atoms with E-state index in [1.165, 1.54) is 0 Å². The van der Waals surface area contributed by atoms with Gasteiger partial charge in [-0.3, -0.25) is 10.6 Å². The van der Waals surface area contributed by atoms with Crippen molar-refractivity contribution < 1.29 is 4.74 Å². The third kappa shape index (κ3) is 7.88. The van der Waals surface area contributed by atoms with Gasteiger partial charge < -0.3 is 4.74 Å². The zero-order valence-electron chi connectivity index (χ0n) is 6.24. The molecule has 0 saturated carbocycles. The highest BCUT2D eigenvalue weighted by molar-refractivity contribution is 4.33. The van der Waals surface area contributed by atoms with Crippen LogP contribution in [0, 0.1) is 0 Å². The van der Waals surface area contributed by atoms with Crippen molar-refractivity contribution in [2.75, 3.05) is 27.1 Å². The maximum absolute atomic E-state index is 5.06. The SMILES string of the molecule is CCCNCOCNC. The molecule has 0 bridgehead atoms. The van der Waals surface area contributed by atoms with E-state index in [4.69, 9.17) is 4.74 Å².